The Kier molecular flexibility index (Phi) is 11.0. The third kappa shape index (κ3) is 8.57. The van der Waals surface area contributed by atoms with Gasteiger partial charge in [-0.2, -0.15) is 0 Å². The molecule has 0 aliphatic heterocycles. The molecule has 2 rings (SSSR count). The first kappa shape index (κ1) is 25.9. The fraction of sp³-hybridized carbons (Fsp3) is 0.391. The first-order chi connectivity index (χ1) is 14.8. The Morgan fingerprint density at radius 3 is 2.52 bits per heavy atom. The Morgan fingerprint density at radius 1 is 1.06 bits per heavy atom. The van der Waals surface area contributed by atoms with Gasteiger partial charge in [0.25, 0.3) is 0 Å². The van der Waals surface area contributed by atoms with Gasteiger partial charge in [-0.15, -0.1) is 11.8 Å². The first-order valence-corrected chi connectivity index (χ1v) is 12.4. The summed E-state index contributed by atoms with van der Waals surface area (Å²) in [4.78, 5) is 27.3. The number of thioether (sulfide) groups is 1. The number of amides is 2. The summed E-state index contributed by atoms with van der Waals surface area (Å²) in [5.74, 6) is 0.627. The van der Waals surface area contributed by atoms with Crippen LogP contribution in [0.25, 0.3) is 0 Å². The molecule has 0 spiro atoms. The van der Waals surface area contributed by atoms with Crippen LogP contribution < -0.4 is 5.32 Å². The number of nitrogens with zero attached hydrogens (tertiary/aromatic N) is 1. The zero-order chi connectivity index (χ0) is 22.8. The molecule has 0 radical (unpaired) electrons. The molecule has 1 atom stereocenters. The van der Waals surface area contributed by atoms with Crippen LogP contribution in [0.3, 0.4) is 0 Å². The summed E-state index contributed by atoms with van der Waals surface area (Å²) >= 11 is 19.7. The highest BCUT2D eigenvalue weighted by Crippen LogP contribution is 2.24. The Morgan fingerprint density at radius 2 is 1.84 bits per heavy atom. The average Bonchev–Trinajstić information content (AvgIpc) is 2.74. The van der Waals surface area contributed by atoms with E-state index in [0.717, 1.165) is 24.0 Å². The molecule has 0 saturated carbocycles. The summed E-state index contributed by atoms with van der Waals surface area (Å²) in [6.07, 6.45) is 1.88. The van der Waals surface area contributed by atoms with Crippen molar-refractivity contribution in [2.75, 3.05) is 12.3 Å². The molecule has 1 unspecified atom stereocenters. The molecule has 0 aromatic heterocycles. The summed E-state index contributed by atoms with van der Waals surface area (Å²) in [5, 5.41) is 4.45. The largest absolute Gasteiger partial charge is 0.354 e. The zero-order valence-electron chi connectivity index (χ0n) is 17.7. The second-order valence-corrected chi connectivity index (χ2v) is 9.45. The molecule has 0 heterocycles. The van der Waals surface area contributed by atoms with Crippen LogP contribution in [-0.2, 0) is 21.9 Å². The number of unbranched alkanes of at least 4 members (excludes halogenated alkanes) is 1. The lowest BCUT2D eigenvalue weighted by Gasteiger charge is -2.29. The SMILES string of the molecule is CCCCNC(=O)C(C)N(Cc1ccc(Cl)c(Cl)c1)C(=O)CSCc1cccc(Cl)c1. The summed E-state index contributed by atoms with van der Waals surface area (Å²) < 4.78 is 0. The van der Waals surface area contributed by atoms with Crippen LogP contribution in [0.4, 0.5) is 0 Å². The fourth-order valence-corrected chi connectivity index (χ4v) is 4.31. The average molecular weight is 502 g/mol. The van der Waals surface area contributed by atoms with Crippen LogP contribution in [0, 0.1) is 0 Å². The van der Waals surface area contributed by atoms with Gasteiger partial charge in [-0.3, -0.25) is 9.59 Å². The highest BCUT2D eigenvalue weighted by Gasteiger charge is 2.26. The predicted octanol–water partition coefficient (Wildman–Crippen LogP) is 6.21. The lowest BCUT2D eigenvalue weighted by molar-refractivity contribution is -0.138. The molecule has 1 N–H and O–H groups in total. The van der Waals surface area contributed by atoms with Crippen LogP contribution in [0.5, 0.6) is 0 Å². The lowest BCUT2D eigenvalue weighted by atomic mass is 10.1. The molecular weight excluding hydrogens is 475 g/mol. The van der Waals surface area contributed by atoms with Crippen LogP contribution >= 0.6 is 46.6 Å². The van der Waals surface area contributed by atoms with Crippen LogP contribution in [-0.4, -0.2) is 35.1 Å². The highest BCUT2D eigenvalue weighted by atomic mass is 35.5. The van der Waals surface area contributed by atoms with Gasteiger partial charge in [0.1, 0.15) is 6.04 Å². The number of carbonyl (C=O) groups excluding carboxylic acids is 2. The van der Waals surface area contributed by atoms with Gasteiger partial charge in [0, 0.05) is 23.9 Å². The van der Waals surface area contributed by atoms with Gasteiger partial charge in [0.15, 0.2) is 0 Å². The summed E-state index contributed by atoms with van der Waals surface area (Å²) in [6.45, 7) is 4.68. The molecule has 2 aromatic carbocycles. The van der Waals surface area contributed by atoms with Gasteiger partial charge >= 0.3 is 0 Å². The van der Waals surface area contributed by atoms with Gasteiger partial charge < -0.3 is 10.2 Å². The van der Waals surface area contributed by atoms with Crippen molar-refractivity contribution < 1.29 is 9.59 Å². The number of rotatable bonds is 11. The molecule has 168 valence electrons. The number of nitrogens with one attached hydrogen (secondary N) is 1. The minimum absolute atomic E-state index is 0.115. The standard InChI is InChI=1S/C23H27Cl3N2O2S/c1-3-4-10-27-23(30)16(2)28(13-17-8-9-20(25)21(26)12-17)22(29)15-31-14-18-6-5-7-19(24)11-18/h5-9,11-12,16H,3-4,10,13-15H2,1-2H3,(H,27,30). The maximum Gasteiger partial charge on any atom is 0.242 e. The van der Waals surface area contributed by atoms with Crippen molar-refractivity contribution in [1.82, 2.24) is 10.2 Å². The van der Waals surface area contributed by atoms with Crippen molar-refractivity contribution in [3.05, 3.63) is 68.7 Å². The van der Waals surface area contributed by atoms with E-state index in [0.29, 0.717) is 27.4 Å². The summed E-state index contributed by atoms with van der Waals surface area (Å²) in [5.41, 5.74) is 1.86. The van der Waals surface area contributed by atoms with Crippen molar-refractivity contribution in [2.45, 2.75) is 45.0 Å². The van der Waals surface area contributed by atoms with Crippen molar-refractivity contribution in [1.29, 1.82) is 0 Å². The van der Waals surface area contributed by atoms with Gasteiger partial charge in [0.05, 0.1) is 15.8 Å². The van der Waals surface area contributed by atoms with Crippen LogP contribution in [0.1, 0.15) is 37.8 Å². The molecule has 0 aliphatic carbocycles. The fourth-order valence-electron chi connectivity index (χ4n) is 2.92. The monoisotopic (exact) mass is 500 g/mol. The lowest BCUT2D eigenvalue weighted by Crippen LogP contribution is -2.48. The Bertz CT molecular complexity index is 895. The molecular formula is C23H27Cl3N2O2S. The van der Waals surface area contributed by atoms with E-state index in [2.05, 4.69) is 12.2 Å². The number of benzene rings is 2. The third-order valence-electron chi connectivity index (χ3n) is 4.72. The van der Waals surface area contributed by atoms with Crippen LogP contribution in [0.15, 0.2) is 42.5 Å². The van der Waals surface area contributed by atoms with E-state index in [1.54, 1.807) is 24.0 Å². The molecule has 0 aliphatic rings. The number of halogens is 3. The summed E-state index contributed by atoms with van der Waals surface area (Å²) in [7, 11) is 0. The van der Waals surface area contributed by atoms with E-state index in [1.807, 2.05) is 30.3 Å². The van der Waals surface area contributed by atoms with Crippen LogP contribution in [0.2, 0.25) is 15.1 Å². The molecule has 8 heteroatoms. The number of hydrogen-bond acceptors (Lipinski definition) is 3. The maximum atomic E-state index is 13.1. The first-order valence-electron chi connectivity index (χ1n) is 10.1. The second-order valence-electron chi connectivity index (χ2n) is 7.21. The van der Waals surface area contributed by atoms with E-state index in [-0.39, 0.29) is 24.1 Å². The van der Waals surface area contributed by atoms with E-state index in [9.17, 15) is 9.59 Å². The maximum absolute atomic E-state index is 13.1. The molecule has 4 nitrogen and oxygen atoms in total. The molecule has 0 fully saturated rings. The van der Waals surface area contributed by atoms with Gasteiger partial charge in [-0.25, -0.2) is 0 Å². The Labute approximate surface area is 203 Å². The van der Waals surface area contributed by atoms with Crippen molar-refractivity contribution in [3.63, 3.8) is 0 Å². The second kappa shape index (κ2) is 13.2. The Balaban J connectivity index is 2.07. The van der Waals surface area contributed by atoms with E-state index >= 15 is 0 Å². The highest BCUT2D eigenvalue weighted by molar-refractivity contribution is 7.99. The predicted molar refractivity (Wildman–Crippen MR) is 132 cm³/mol. The van der Waals surface area contributed by atoms with Gasteiger partial charge in [0.2, 0.25) is 11.8 Å². The van der Waals surface area contributed by atoms with E-state index in [1.165, 1.54) is 11.8 Å². The smallest absolute Gasteiger partial charge is 0.242 e. The zero-order valence-corrected chi connectivity index (χ0v) is 20.8. The minimum Gasteiger partial charge on any atom is -0.354 e. The topological polar surface area (TPSA) is 49.4 Å². The molecule has 31 heavy (non-hydrogen) atoms. The van der Waals surface area contributed by atoms with Crippen molar-refractivity contribution in [2.24, 2.45) is 0 Å². The quantitative estimate of drug-likeness (QED) is 0.372. The minimum atomic E-state index is -0.606. The summed E-state index contributed by atoms with van der Waals surface area (Å²) in [6, 6.07) is 12.2. The van der Waals surface area contributed by atoms with Crippen molar-refractivity contribution in [3.8, 4) is 0 Å². The Hall–Kier alpha value is -1.40. The third-order valence-corrected chi connectivity index (χ3v) is 6.68. The van der Waals surface area contributed by atoms with Crippen molar-refractivity contribution >= 4 is 58.4 Å². The van der Waals surface area contributed by atoms with E-state index in [4.69, 9.17) is 34.8 Å². The molecule has 0 bridgehead atoms. The van der Waals surface area contributed by atoms with Gasteiger partial charge in [-0.1, -0.05) is 66.3 Å². The number of hydrogen-bond donors (Lipinski definition) is 1. The molecule has 2 amide bonds. The molecule has 0 saturated heterocycles. The molecule has 2 aromatic rings. The number of carbonyl (C=O) groups is 2. The normalized spacial score (nSPS) is 11.8. The van der Waals surface area contributed by atoms with E-state index < -0.39 is 6.04 Å². The van der Waals surface area contributed by atoms with Gasteiger partial charge in [-0.05, 0) is 48.7 Å².